The SMILES string of the molecule is CC(C)NCC(C(=O)N1CCN(c2c(-c3ccccc3)cnc3[nH]ncc23)CC1)c1ccc(Cl)cc1. The molecule has 3 heterocycles. The second-order valence-corrected chi connectivity index (χ2v) is 9.93. The van der Waals surface area contributed by atoms with Crippen molar-refractivity contribution in [3.63, 3.8) is 0 Å². The molecule has 0 spiro atoms. The largest absolute Gasteiger partial charge is 0.367 e. The summed E-state index contributed by atoms with van der Waals surface area (Å²) in [5.74, 6) is -0.103. The number of fused-ring (bicyclic) bond motifs is 1. The lowest BCUT2D eigenvalue weighted by molar-refractivity contribution is -0.133. The van der Waals surface area contributed by atoms with Crippen LogP contribution in [0.1, 0.15) is 25.3 Å². The molecular weight excluding hydrogens is 472 g/mol. The molecule has 2 aromatic carbocycles. The Morgan fingerprint density at radius 2 is 1.75 bits per heavy atom. The van der Waals surface area contributed by atoms with Gasteiger partial charge in [0.1, 0.15) is 0 Å². The van der Waals surface area contributed by atoms with E-state index in [0.29, 0.717) is 30.7 Å². The molecule has 36 heavy (non-hydrogen) atoms. The lowest BCUT2D eigenvalue weighted by atomic mass is 9.96. The zero-order valence-corrected chi connectivity index (χ0v) is 21.4. The normalized spacial score (nSPS) is 15.0. The zero-order valence-electron chi connectivity index (χ0n) is 20.6. The predicted octanol–water partition coefficient (Wildman–Crippen LogP) is 4.71. The summed E-state index contributed by atoms with van der Waals surface area (Å²) in [6.07, 6.45) is 3.76. The minimum absolute atomic E-state index is 0.150. The molecule has 0 saturated carbocycles. The van der Waals surface area contributed by atoms with Gasteiger partial charge in [-0.3, -0.25) is 9.89 Å². The highest BCUT2D eigenvalue weighted by Gasteiger charge is 2.30. The molecule has 7 nitrogen and oxygen atoms in total. The highest BCUT2D eigenvalue weighted by molar-refractivity contribution is 6.30. The van der Waals surface area contributed by atoms with Gasteiger partial charge in [-0.05, 0) is 23.3 Å². The minimum Gasteiger partial charge on any atom is -0.367 e. The molecule has 2 aromatic heterocycles. The van der Waals surface area contributed by atoms with Gasteiger partial charge in [0.25, 0.3) is 0 Å². The third-order valence-corrected chi connectivity index (χ3v) is 7.00. The lowest BCUT2D eigenvalue weighted by Crippen LogP contribution is -2.51. The van der Waals surface area contributed by atoms with Crippen LogP contribution in [0.15, 0.2) is 67.0 Å². The molecule has 5 rings (SSSR count). The van der Waals surface area contributed by atoms with E-state index >= 15 is 0 Å². The van der Waals surface area contributed by atoms with Crippen LogP contribution >= 0.6 is 11.6 Å². The van der Waals surface area contributed by atoms with E-state index in [-0.39, 0.29) is 11.8 Å². The van der Waals surface area contributed by atoms with Gasteiger partial charge in [-0.1, -0.05) is 67.9 Å². The number of nitrogens with one attached hydrogen (secondary N) is 2. The van der Waals surface area contributed by atoms with Gasteiger partial charge in [-0.2, -0.15) is 5.10 Å². The van der Waals surface area contributed by atoms with Gasteiger partial charge in [0.15, 0.2) is 5.65 Å². The van der Waals surface area contributed by atoms with Crippen molar-refractivity contribution in [1.29, 1.82) is 0 Å². The van der Waals surface area contributed by atoms with Crippen LogP contribution in [0.25, 0.3) is 22.2 Å². The van der Waals surface area contributed by atoms with E-state index in [0.717, 1.165) is 46.5 Å². The van der Waals surface area contributed by atoms with Crippen molar-refractivity contribution < 1.29 is 4.79 Å². The van der Waals surface area contributed by atoms with Crippen LogP contribution in [0, 0.1) is 0 Å². The smallest absolute Gasteiger partial charge is 0.231 e. The molecule has 1 aliphatic heterocycles. The molecule has 0 bridgehead atoms. The van der Waals surface area contributed by atoms with Crippen LogP contribution in [-0.2, 0) is 4.79 Å². The fourth-order valence-corrected chi connectivity index (χ4v) is 4.95. The maximum atomic E-state index is 13.7. The van der Waals surface area contributed by atoms with Gasteiger partial charge in [0, 0.05) is 55.5 Å². The number of halogens is 1. The monoisotopic (exact) mass is 502 g/mol. The van der Waals surface area contributed by atoms with E-state index in [9.17, 15) is 4.79 Å². The average Bonchev–Trinajstić information content (AvgIpc) is 3.38. The second kappa shape index (κ2) is 10.7. The maximum Gasteiger partial charge on any atom is 0.231 e. The van der Waals surface area contributed by atoms with Crippen molar-refractivity contribution in [3.05, 3.63) is 77.6 Å². The number of benzene rings is 2. The Balaban J connectivity index is 1.38. The molecule has 1 unspecified atom stereocenters. The van der Waals surface area contributed by atoms with Crippen LogP contribution in [0.2, 0.25) is 5.02 Å². The van der Waals surface area contributed by atoms with Gasteiger partial charge in [0.05, 0.1) is 23.2 Å². The number of piperazine rings is 1. The van der Waals surface area contributed by atoms with E-state index in [1.165, 1.54) is 0 Å². The third-order valence-electron chi connectivity index (χ3n) is 6.75. The fraction of sp³-hybridized carbons (Fsp3) is 0.321. The first-order chi connectivity index (χ1) is 17.5. The minimum atomic E-state index is -0.252. The molecule has 1 saturated heterocycles. The Morgan fingerprint density at radius 3 is 2.44 bits per heavy atom. The first-order valence-corrected chi connectivity index (χ1v) is 12.8. The number of aromatic amines is 1. The molecule has 2 N–H and O–H groups in total. The Bertz CT molecular complexity index is 1310. The number of hydrogen-bond acceptors (Lipinski definition) is 5. The number of nitrogens with zero attached hydrogens (tertiary/aromatic N) is 4. The van der Waals surface area contributed by atoms with Crippen molar-refractivity contribution >= 4 is 34.2 Å². The van der Waals surface area contributed by atoms with Crippen LogP contribution in [0.5, 0.6) is 0 Å². The summed E-state index contributed by atoms with van der Waals surface area (Å²) in [6, 6.07) is 18.2. The van der Waals surface area contributed by atoms with Gasteiger partial charge >= 0.3 is 0 Å². The second-order valence-electron chi connectivity index (χ2n) is 9.50. The molecule has 0 aliphatic carbocycles. The summed E-state index contributed by atoms with van der Waals surface area (Å²) >= 11 is 6.11. The van der Waals surface area contributed by atoms with E-state index in [1.807, 2.05) is 59.8 Å². The van der Waals surface area contributed by atoms with E-state index < -0.39 is 0 Å². The molecule has 1 aliphatic rings. The topological polar surface area (TPSA) is 77.2 Å². The van der Waals surface area contributed by atoms with Gasteiger partial charge in [0.2, 0.25) is 5.91 Å². The number of carbonyl (C=O) groups is 1. The number of aromatic nitrogens is 3. The van der Waals surface area contributed by atoms with Crippen LogP contribution in [0.3, 0.4) is 0 Å². The van der Waals surface area contributed by atoms with Gasteiger partial charge in [-0.15, -0.1) is 0 Å². The Labute approximate surface area is 216 Å². The Kier molecular flexibility index (Phi) is 7.20. The number of rotatable bonds is 7. The van der Waals surface area contributed by atoms with Crippen LogP contribution in [-0.4, -0.2) is 64.8 Å². The highest BCUT2D eigenvalue weighted by atomic mass is 35.5. The number of H-pyrrole nitrogens is 1. The Hall–Kier alpha value is -3.42. The fourth-order valence-electron chi connectivity index (χ4n) is 4.82. The van der Waals surface area contributed by atoms with Crippen molar-refractivity contribution in [2.75, 3.05) is 37.6 Å². The quantitative estimate of drug-likeness (QED) is 0.383. The molecule has 0 radical (unpaired) electrons. The van der Waals surface area contributed by atoms with Crippen molar-refractivity contribution in [1.82, 2.24) is 25.4 Å². The lowest BCUT2D eigenvalue weighted by Gasteiger charge is -2.38. The van der Waals surface area contributed by atoms with Gasteiger partial charge < -0.3 is 15.1 Å². The van der Waals surface area contributed by atoms with E-state index in [4.69, 9.17) is 11.6 Å². The number of anilines is 1. The molecular formula is C28H31ClN6O. The summed E-state index contributed by atoms with van der Waals surface area (Å²) in [7, 11) is 0. The number of carbonyl (C=O) groups excluding carboxylic acids is 1. The zero-order chi connectivity index (χ0) is 25.1. The molecule has 186 valence electrons. The van der Waals surface area contributed by atoms with E-state index in [1.54, 1.807) is 0 Å². The van der Waals surface area contributed by atoms with E-state index in [2.05, 4.69) is 51.4 Å². The maximum absolute atomic E-state index is 13.7. The molecule has 1 amide bonds. The summed E-state index contributed by atoms with van der Waals surface area (Å²) in [4.78, 5) is 22.6. The summed E-state index contributed by atoms with van der Waals surface area (Å²) in [5.41, 5.74) is 5.06. The molecule has 8 heteroatoms. The van der Waals surface area contributed by atoms with Crippen LogP contribution < -0.4 is 10.2 Å². The van der Waals surface area contributed by atoms with Crippen LogP contribution in [0.4, 0.5) is 5.69 Å². The Morgan fingerprint density at radius 1 is 1.03 bits per heavy atom. The van der Waals surface area contributed by atoms with Crippen molar-refractivity contribution in [2.45, 2.75) is 25.8 Å². The molecule has 4 aromatic rings. The predicted molar refractivity (Wildman–Crippen MR) is 145 cm³/mol. The molecule has 1 fully saturated rings. The third kappa shape index (κ3) is 5.08. The van der Waals surface area contributed by atoms with Gasteiger partial charge in [-0.25, -0.2) is 4.98 Å². The summed E-state index contributed by atoms with van der Waals surface area (Å²) in [5, 5.41) is 12.4. The first-order valence-electron chi connectivity index (χ1n) is 12.4. The average molecular weight is 503 g/mol. The highest BCUT2D eigenvalue weighted by Crippen LogP contribution is 2.36. The molecule has 1 atom stereocenters. The number of hydrogen-bond donors (Lipinski definition) is 2. The van der Waals surface area contributed by atoms with Crippen molar-refractivity contribution in [2.24, 2.45) is 0 Å². The summed E-state index contributed by atoms with van der Waals surface area (Å²) in [6.45, 7) is 7.56. The first kappa shape index (κ1) is 24.3. The number of pyridine rings is 1. The standard InChI is InChI=1S/C28H31ClN6O/c1-19(2)30-17-24(21-8-10-22(29)11-9-21)28(36)35-14-12-34(13-15-35)26-23(20-6-4-3-5-7-20)16-31-27-25(26)18-32-33-27/h3-11,16,18-19,24,30H,12-15,17H2,1-2H3,(H,31,32,33). The summed E-state index contributed by atoms with van der Waals surface area (Å²) < 4.78 is 0. The number of amides is 1. The van der Waals surface area contributed by atoms with Crippen molar-refractivity contribution in [3.8, 4) is 11.1 Å².